The highest BCUT2D eigenvalue weighted by Crippen LogP contribution is 2.50. The van der Waals surface area contributed by atoms with Gasteiger partial charge in [-0.05, 0) is 31.7 Å². The summed E-state index contributed by atoms with van der Waals surface area (Å²) in [4.78, 5) is 3.15. The molecule has 1 spiro atoms. The molecule has 2 aliphatic rings. The molecule has 32 heavy (non-hydrogen) atoms. The number of aromatic nitrogens is 2. The van der Waals surface area contributed by atoms with Gasteiger partial charge in [0.2, 0.25) is 0 Å². The number of fused-ring (bicyclic) bond motifs is 2. The summed E-state index contributed by atoms with van der Waals surface area (Å²) in [7, 11) is -3.04. The van der Waals surface area contributed by atoms with Crippen molar-refractivity contribution in [2.75, 3.05) is 25.2 Å². The molecule has 0 amide bonds. The Balaban J connectivity index is 1.47. The van der Waals surface area contributed by atoms with Gasteiger partial charge in [0.05, 0.1) is 36.6 Å². The number of thiophene rings is 1. The van der Waals surface area contributed by atoms with E-state index in [4.69, 9.17) is 4.74 Å². The molecular formula is C21H29F2N3O4S2. The summed E-state index contributed by atoms with van der Waals surface area (Å²) < 4.78 is 57.8. The fourth-order valence-electron chi connectivity index (χ4n) is 4.84. The largest absolute Gasteiger partial charge is 0.392 e. The maximum Gasteiger partial charge on any atom is 0.273 e. The number of ether oxygens (including phenoxy) is 1. The van der Waals surface area contributed by atoms with E-state index in [-0.39, 0.29) is 23.3 Å². The van der Waals surface area contributed by atoms with Gasteiger partial charge < -0.3 is 9.84 Å². The Hall–Kier alpha value is -1.40. The highest BCUT2D eigenvalue weighted by atomic mass is 32.2. The minimum atomic E-state index is -3.04. The van der Waals surface area contributed by atoms with Crippen molar-refractivity contribution in [1.82, 2.24) is 14.7 Å². The Bertz CT molecular complexity index is 1070. The maximum atomic E-state index is 13.6. The number of halogens is 2. The third-order valence-corrected chi connectivity index (χ3v) is 8.85. The van der Waals surface area contributed by atoms with Crippen molar-refractivity contribution in [3.05, 3.63) is 38.8 Å². The van der Waals surface area contributed by atoms with E-state index >= 15 is 0 Å². The second-order valence-corrected chi connectivity index (χ2v) is 12.1. The molecule has 4 rings (SSSR count). The average molecular weight is 490 g/mol. The summed E-state index contributed by atoms with van der Waals surface area (Å²) in [5.74, 6) is 0.0493. The average Bonchev–Trinajstić information content (AvgIpc) is 3.33. The minimum Gasteiger partial charge on any atom is -0.392 e. The standard InChI is InChI=1S/C21H29F2N3O4S2/c1-14-9-21(19-16(3-7-30-21)17(13-27)18(31-19)20(22)23)4-5-25(14)11-15-10-24-26(12-15)6-8-32(2,28)29/h10,12,14,20,27H,3-9,11,13H2,1-2H3/t14-,21+/m0/s1. The van der Waals surface area contributed by atoms with Gasteiger partial charge in [0.25, 0.3) is 6.43 Å². The van der Waals surface area contributed by atoms with Crippen molar-refractivity contribution in [3.8, 4) is 0 Å². The summed E-state index contributed by atoms with van der Waals surface area (Å²) >= 11 is 1.10. The van der Waals surface area contributed by atoms with Gasteiger partial charge in [-0.3, -0.25) is 9.58 Å². The number of hydrogen-bond donors (Lipinski definition) is 1. The molecule has 0 radical (unpaired) electrons. The van der Waals surface area contributed by atoms with Crippen LogP contribution in [0.3, 0.4) is 0 Å². The summed E-state index contributed by atoms with van der Waals surface area (Å²) in [6, 6.07) is 0.156. The zero-order valence-electron chi connectivity index (χ0n) is 18.3. The van der Waals surface area contributed by atoms with Crippen molar-refractivity contribution in [2.24, 2.45) is 0 Å². The topological polar surface area (TPSA) is 84.7 Å². The molecule has 1 fully saturated rings. The van der Waals surface area contributed by atoms with E-state index in [9.17, 15) is 22.3 Å². The Labute approximate surface area is 190 Å². The van der Waals surface area contributed by atoms with Crippen molar-refractivity contribution in [1.29, 1.82) is 0 Å². The molecule has 1 saturated heterocycles. The normalized spacial score (nSPS) is 24.4. The summed E-state index contributed by atoms with van der Waals surface area (Å²) in [6.45, 7) is 3.96. The predicted octanol–water partition coefficient (Wildman–Crippen LogP) is 2.87. The number of aliphatic hydroxyl groups is 1. The fourth-order valence-corrected chi connectivity index (χ4v) is 6.76. The molecule has 0 aromatic carbocycles. The first-order valence-corrected chi connectivity index (χ1v) is 13.6. The number of nitrogens with zero attached hydrogens (tertiary/aromatic N) is 3. The molecule has 11 heteroatoms. The van der Waals surface area contributed by atoms with Gasteiger partial charge in [-0.25, -0.2) is 17.2 Å². The second-order valence-electron chi connectivity index (χ2n) is 8.82. The molecular weight excluding hydrogens is 460 g/mol. The van der Waals surface area contributed by atoms with Crippen LogP contribution >= 0.6 is 11.3 Å². The summed E-state index contributed by atoms with van der Waals surface area (Å²) in [5.41, 5.74) is 1.67. The van der Waals surface area contributed by atoms with E-state index in [1.54, 1.807) is 10.9 Å². The Morgan fingerprint density at radius 3 is 2.88 bits per heavy atom. The first kappa shape index (κ1) is 23.7. The smallest absolute Gasteiger partial charge is 0.273 e. The van der Waals surface area contributed by atoms with Gasteiger partial charge in [0.1, 0.15) is 15.4 Å². The number of aryl methyl sites for hydroxylation is 1. The number of piperidine rings is 1. The summed E-state index contributed by atoms with van der Waals surface area (Å²) in [6.07, 6.45) is 4.19. The highest BCUT2D eigenvalue weighted by molar-refractivity contribution is 7.90. The zero-order valence-corrected chi connectivity index (χ0v) is 19.9. The minimum absolute atomic E-state index is 0.0287. The molecule has 1 N–H and O–H groups in total. The Morgan fingerprint density at radius 2 is 2.22 bits per heavy atom. The molecule has 0 saturated carbocycles. The number of aliphatic hydroxyl groups excluding tert-OH is 1. The predicted molar refractivity (Wildman–Crippen MR) is 118 cm³/mol. The number of likely N-dealkylation sites (tertiary alicyclic amines) is 1. The molecule has 178 valence electrons. The van der Waals surface area contributed by atoms with Crippen LogP contribution < -0.4 is 0 Å². The lowest BCUT2D eigenvalue weighted by molar-refractivity contribution is -0.110. The van der Waals surface area contributed by atoms with E-state index in [1.807, 2.05) is 6.20 Å². The van der Waals surface area contributed by atoms with Gasteiger partial charge in [-0.1, -0.05) is 0 Å². The third-order valence-electron chi connectivity index (χ3n) is 6.46. The molecule has 7 nitrogen and oxygen atoms in total. The van der Waals surface area contributed by atoms with E-state index in [0.717, 1.165) is 33.9 Å². The van der Waals surface area contributed by atoms with Crippen molar-refractivity contribution in [2.45, 2.75) is 64.0 Å². The number of alkyl halides is 2. The molecule has 2 aliphatic heterocycles. The van der Waals surface area contributed by atoms with Crippen molar-refractivity contribution in [3.63, 3.8) is 0 Å². The van der Waals surface area contributed by atoms with Crippen LogP contribution in [0.25, 0.3) is 0 Å². The summed E-state index contributed by atoms with van der Waals surface area (Å²) in [5, 5.41) is 14.0. The number of hydrogen-bond acceptors (Lipinski definition) is 7. The van der Waals surface area contributed by atoms with Crippen molar-refractivity contribution >= 4 is 21.2 Å². The molecule has 0 aliphatic carbocycles. The lowest BCUT2D eigenvalue weighted by Gasteiger charge is -2.47. The van der Waals surface area contributed by atoms with Gasteiger partial charge in [-0.2, -0.15) is 5.10 Å². The highest BCUT2D eigenvalue weighted by Gasteiger charge is 2.46. The number of sulfone groups is 1. The van der Waals surface area contributed by atoms with E-state index in [1.165, 1.54) is 6.26 Å². The molecule has 0 bridgehead atoms. The first-order valence-electron chi connectivity index (χ1n) is 10.7. The Morgan fingerprint density at radius 1 is 1.44 bits per heavy atom. The van der Waals surface area contributed by atoms with E-state index in [0.29, 0.717) is 44.5 Å². The molecule has 2 aromatic heterocycles. The first-order chi connectivity index (χ1) is 15.1. The van der Waals surface area contributed by atoms with Crippen molar-refractivity contribution < 1.29 is 27.0 Å². The van der Waals surface area contributed by atoms with Crippen LogP contribution in [0, 0.1) is 0 Å². The maximum absolute atomic E-state index is 13.6. The third kappa shape index (κ3) is 4.77. The number of rotatable bonds is 7. The molecule has 0 unspecified atom stereocenters. The molecule has 4 heterocycles. The van der Waals surface area contributed by atoms with Crippen LogP contribution in [-0.2, 0) is 46.3 Å². The van der Waals surface area contributed by atoms with Crippen LogP contribution in [0.4, 0.5) is 8.78 Å². The lowest BCUT2D eigenvalue weighted by Crippen LogP contribution is -2.50. The van der Waals surface area contributed by atoms with Crippen LogP contribution in [0.5, 0.6) is 0 Å². The van der Waals surface area contributed by atoms with Crippen LogP contribution in [0.1, 0.15) is 52.6 Å². The SMILES string of the molecule is C[C@H]1C[C@@]2(CCN1Cc1cnn(CCS(C)(=O)=O)c1)OCCc1c2sc(C(F)F)c1CO. The molecule has 2 aromatic rings. The van der Waals surface area contributed by atoms with Gasteiger partial charge in [0, 0.05) is 47.6 Å². The fraction of sp³-hybridized carbons (Fsp3) is 0.667. The van der Waals surface area contributed by atoms with Crippen LogP contribution in [0.2, 0.25) is 0 Å². The van der Waals surface area contributed by atoms with E-state index < -0.39 is 21.9 Å². The van der Waals surface area contributed by atoms with Gasteiger partial charge >= 0.3 is 0 Å². The van der Waals surface area contributed by atoms with Gasteiger partial charge in [0.15, 0.2) is 0 Å². The van der Waals surface area contributed by atoms with Crippen LogP contribution in [-0.4, -0.2) is 59.4 Å². The lowest BCUT2D eigenvalue weighted by atomic mass is 9.81. The molecule has 2 atom stereocenters. The van der Waals surface area contributed by atoms with E-state index in [2.05, 4.69) is 16.9 Å². The second kappa shape index (κ2) is 9.09. The van der Waals surface area contributed by atoms with Crippen LogP contribution in [0.15, 0.2) is 12.4 Å². The monoisotopic (exact) mass is 489 g/mol. The Kier molecular flexibility index (Phi) is 6.75. The zero-order chi connectivity index (χ0) is 23.1. The quantitative estimate of drug-likeness (QED) is 0.644. The van der Waals surface area contributed by atoms with Gasteiger partial charge in [-0.15, -0.1) is 11.3 Å².